The van der Waals surface area contributed by atoms with E-state index in [9.17, 15) is 9.65 Å². The van der Waals surface area contributed by atoms with Gasteiger partial charge in [0.15, 0.2) is 0 Å². The number of nitriles is 1. The minimum absolute atomic E-state index is 0.0150. The van der Waals surface area contributed by atoms with E-state index in [1.807, 2.05) is 43.0 Å². The van der Waals surface area contributed by atoms with Crippen molar-refractivity contribution in [2.45, 2.75) is 45.1 Å². The molecule has 6 rings (SSSR count). The van der Waals surface area contributed by atoms with E-state index in [0.29, 0.717) is 18.2 Å². The predicted octanol–water partition coefficient (Wildman–Crippen LogP) is 5.64. The van der Waals surface area contributed by atoms with Gasteiger partial charge >= 0.3 is 0 Å². The van der Waals surface area contributed by atoms with Crippen molar-refractivity contribution in [2.75, 3.05) is 17.2 Å². The minimum Gasteiger partial charge on any atom is -0.383 e. The fourth-order valence-corrected chi connectivity index (χ4v) is 5.13. The van der Waals surface area contributed by atoms with E-state index in [-0.39, 0.29) is 11.2 Å². The summed E-state index contributed by atoms with van der Waals surface area (Å²) < 4.78 is 15.9. The van der Waals surface area contributed by atoms with Gasteiger partial charge in [-0.15, -0.1) is 5.10 Å². The quantitative estimate of drug-likeness (QED) is 0.238. The summed E-state index contributed by atoms with van der Waals surface area (Å²) >= 11 is 0. The summed E-state index contributed by atoms with van der Waals surface area (Å²) in [6, 6.07) is 17.1. The molecule has 10 heteroatoms. The Kier molecular flexibility index (Phi) is 6.89. The average molecular weight is 558 g/mol. The van der Waals surface area contributed by atoms with Crippen LogP contribution in [-0.4, -0.2) is 39.4 Å². The average Bonchev–Trinajstić information content (AvgIpc) is 3.71. The van der Waals surface area contributed by atoms with E-state index >= 15 is 0 Å². The van der Waals surface area contributed by atoms with Crippen LogP contribution in [0.3, 0.4) is 0 Å². The highest BCUT2D eigenvalue weighted by molar-refractivity contribution is 6.19. The summed E-state index contributed by atoms with van der Waals surface area (Å²) in [6.45, 7) is 7.10. The van der Waals surface area contributed by atoms with Crippen LogP contribution in [-0.2, 0) is 5.44 Å². The normalized spacial score (nSPS) is 14.7. The second kappa shape index (κ2) is 10.6. The van der Waals surface area contributed by atoms with Crippen LogP contribution < -0.4 is 10.6 Å². The molecule has 0 bridgehead atoms. The lowest BCUT2D eigenvalue weighted by atomic mass is 9.69. The van der Waals surface area contributed by atoms with Gasteiger partial charge in [-0.1, -0.05) is 44.2 Å². The third-order valence-electron chi connectivity index (χ3n) is 7.62. The van der Waals surface area contributed by atoms with Gasteiger partial charge in [0, 0.05) is 47.3 Å². The van der Waals surface area contributed by atoms with Gasteiger partial charge in [0.05, 0.1) is 34.4 Å². The first-order valence-corrected chi connectivity index (χ1v) is 14.1. The third kappa shape index (κ3) is 5.42. The number of nitrogens with one attached hydrogen (secondary N) is 2. The van der Waals surface area contributed by atoms with Gasteiger partial charge in [-0.05, 0) is 54.2 Å². The molecular formula is C32H32BFN8. The van der Waals surface area contributed by atoms with Crippen molar-refractivity contribution in [2.24, 2.45) is 5.41 Å². The number of fused-ring (bicyclic) bond motifs is 1. The molecule has 5 aromatic rings. The smallest absolute Gasteiger partial charge is 0.148 e. The van der Waals surface area contributed by atoms with Crippen LogP contribution in [0.2, 0.25) is 0 Å². The molecule has 1 fully saturated rings. The molecule has 1 unspecified atom stereocenters. The van der Waals surface area contributed by atoms with Crippen LogP contribution in [0.5, 0.6) is 0 Å². The van der Waals surface area contributed by atoms with Gasteiger partial charge in [0.2, 0.25) is 0 Å². The molecule has 42 heavy (non-hydrogen) atoms. The molecule has 1 saturated carbocycles. The molecule has 0 amide bonds. The Hall–Kier alpha value is -4.78. The van der Waals surface area contributed by atoms with Crippen molar-refractivity contribution in [3.05, 3.63) is 96.0 Å². The van der Waals surface area contributed by atoms with E-state index in [1.165, 1.54) is 12.1 Å². The summed E-state index contributed by atoms with van der Waals surface area (Å²) in [5, 5.41) is 27.1. The zero-order valence-corrected chi connectivity index (χ0v) is 24.2. The molecule has 0 saturated heterocycles. The Morgan fingerprint density at radius 1 is 1.12 bits per heavy atom. The van der Waals surface area contributed by atoms with E-state index < -0.39 is 5.44 Å². The van der Waals surface area contributed by atoms with Gasteiger partial charge in [-0.2, -0.15) is 5.26 Å². The van der Waals surface area contributed by atoms with Crippen molar-refractivity contribution >= 4 is 30.1 Å². The number of anilines is 2. The van der Waals surface area contributed by atoms with Gasteiger partial charge in [-0.25, -0.2) is 9.07 Å². The van der Waals surface area contributed by atoms with Crippen LogP contribution in [0, 0.1) is 22.6 Å². The highest BCUT2D eigenvalue weighted by Gasteiger charge is 2.34. The van der Waals surface area contributed by atoms with Crippen LogP contribution >= 0.6 is 0 Å². The zero-order valence-electron chi connectivity index (χ0n) is 24.2. The lowest BCUT2D eigenvalue weighted by Crippen LogP contribution is -2.37. The standard InChI is InChI=1S/C32H32BFN8/c1-31(2,3)19-38-29-21(15-35)17-37-30-26(20-5-4-12-36-16-20)13-24(14-27(29)30)39-32(33,22-6-8-23(34)9-7-22)28-18-42(41-40-28)25-10-11-25/h4-9,12-14,16-18,25,39H,10-11,19,33H2,1-3H3,(H,37,38). The van der Waals surface area contributed by atoms with Crippen molar-refractivity contribution in [3.63, 3.8) is 0 Å². The molecule has 3 aromatic heterocycles. The highest BCUT2D eigenvalue weighted by Crippen LogP contribution is 2.40. The highest BCUT2D eigenvalue weighted by atomic mass is 19.1. The fraction of sp³-hybridized carbons (Fsp3) is 0.281. The van der Waals surface area contributed by atoms with Gasteiger partial charge in [0.1, 0.15) is 25.4 Å². The number of rotatable bonds is 8. The molecule has 210 valence electrons. The number of aromatic nitrogens is 5. The van der Waals surface area contributed by atoms with Crippen LogP contribution in [0.25, 0.3) is 22.0 Å². The first-order chi connectivity index (χ1) is 20.1. The lowest BCUT2D eigenvalue weighted by Gasteiger charge is -2.31. The predicted molar refractivity (Wildman–Crippen MR) is 165 cm³/mol. The van der Waals surface area contributed by atoms with E-state index in [1.54, 1.807) is 30.7 Å². The maximum absolute atomic E-state index is 14.0. The number of benzene rings is 2. The van der Waals surface area contributed by atoms with E-state index in [0.717, 1.165) is 57.5 Å². The van der Waals surface area contributed by atoms with E-state index in [2.05, 4.69) is 52.8 Å². The van der Waals surface area contributed by atoms with Gasteiger partial charge < -0.3 is 10.6 Å². The summed E-state index contributed by atoms with van der Waals surface area (Å²) in [7, 11) is 2.03. The maximum Gasteiger partial charge on any atom is 0.148 e. The number of halogens is 1. The van der Waals surface area contributed by atoms with Gasteiger partial charge in [-0.3, -0.25) is 9.97 Å². The molecule has 1 aliphatic carbocycles. The molecule has 0 radical (unpaired) electrons. The Morgan fingerprint density at radius 3 is 2.57 bits per heavy atom. The number of hydrogen-bond donors (Lipinski definition) is 2. The van der Waals surface area contributed by atoms with Crippen LogP contribution in [0.4, 0.5) is 15.8 Å². The molecule has 0 aliphatic heterocycles. The molecule has 2 N–H and O–H groups in total. The van der Waals surface area contributed by atoms with Gasteiger partial charge in [0.25, 0.3) is 0 Å². The second-order valence-corrected chi connectivity index (χ2v) is 12.3. The largest absolute Gasteiger partial charge is 0.383 e. The van der Waals surface area contributed by atoms with Crippen molar-refractivity contribution in [1.29, 1.82) is 5.26 Å². The van der Waals surface area contributed by atoms with Crippen LogP contribution in [0.1, 0.15) is 56.5 Å². The Morgan fingerprint density at radius 2 is 1.90 bits per heavy atom. The Balaban J connectivity index is 1.55. The first kappa shape index (κ1) is 27.4. The second-order valence-electron chi connectivity index (χ2n) is 12.3. The molecule has 1 atom stereocenters. The first-order valence-electron chi connectivity index (χ1n) is 14.1. The molecule has 1 aliphatic rings. The summed E-state index contributed by atoms with van der Waals surface area (Å²) in [5.74, 6) is -0.308. The summed E-state index contributed by atoms with van der Waals surface area (Å²) in [4.78, 5) is 9.09. The monoisotopic (exact) mass is 558 g/mol. The molecule has 3 heterocycles. The SMILES string of the molecule is BC(Nc1cc(-c2cccnc2)c2ncc(C#N)c(NCC(C)(C)C)c2c1)(c1ccc(F)cc1)c1cn(C2CC2)nn1. The Labute approximate surface area is 245 Å². The molecule has 0 spiro atoms. The zero-order chi connectivity index (χ0) is 29.5. The molecular weight excluding hydrogens is 526 g/mol. The maximum atomic E-state index is 14.0. The number of pyridine rings is 2. The summed E-state index contributed by atoms with van der Waals surface area (Å²) in [5.41, 5.74) is 5.20. The minimum atomic E-state index is -0.847. The molecule has 2 aromatic carbocycles. The fourth-order valence-electron chi connectivity index (χ4n) is 5.13. The lowest BCUT2D eigenvalue weighted by molar-refractivity contribution is 0.443. The summed E-state index contributed by atoms with van der Waals surface area (Å²) in [6.07, 6.45) is 9.31. The topological polar surface area (TPSA) is 104 Å². The van der Waals surface area contributed by atoms with Crippen molar-refractivity contribution in [1.82, 2.24) is 25.0 Å². The van der Waals surface area contributed by atoms with Crippen LogP contribution in [0.15, 0.2) is 73.3 Å². The number of hydrogen-bond acceptors (Lipinski definition) is 7. The Bertz CT molecular complexity index is 1790. The molecule has 8 nitrogen and oxygen atoms in total. The van der Waals surface area contributed by atoms with Crippen molar-refractivity contribution < 1.29 is 4.39 Å². The third-order valence-corrected chi connectivity index (χ3v) is 7.62. The van der Waals surface area contributed by atoms with Crippen molar-refractivity contribution in [3.8, 4) is 17.2 Å². The number of nitrogens with zero attached hydrogens (tertiary/aromatic N) is 6. The van der Waals surface area contributed by atoms with E-state index in [4.69, 9.17) is 4.98 Å².